The number of carbonyl (C=O) groups is 2. The molecule has 3 rings (SSSR count). The van der Waals surface area contributed by atoms with Crippen molar-refractivity contribution in [3.05, 3.63) is 59.2 Å². The number of anilines is 1. The third-order valence-electron chi connectivity index (χ3n) is 4.13. The predicted octanol–water partition coefficient (Wildman–Crippen LogP) is 3.17. The van der Waals surface area contributed by atoms with Crippen LogP contribution in [-0.4, -0.2) is 24.8 Å². The van der Waals surface area contributed by atoms with Gasteiger partial charge in [-0.1, -0.05) is 24.3 Å². The maximum Gasteiger partial charge on any atom is 0.231 e. The number of ether oxygens (including phenoxy) is 1. The average Bonchev–Trinajstić information content (AvgIpc) is 2.55. The van der Waals surface area contributed by atoms with Gasteiger partial charge in [0.25, 0.3) is 0 Å². The highest BCUT2D eigenvalue weighted by atomic mass is 16.5. The Bertz CT molecular complexity index is 767. The Kier molecular flexibility index (Phi) is 4.15. The first-order valence-electron chi connectivity index (χ1n) is 7.69. The van der Waals surface area contributed by atoms with Gasteiger partial charge in [0.2, 0.25) is 5.91 Å². The van der Waals surface area contributed by atoms with Crippen LogP contribution in [0.3, 0.4) is 0 Å². The smallest absolute Gasteiger partial charge is 0.231 e. The van der Waals surface area contributed by atoms with Crippen molar-refractivity contribution >= 4 is 17.4 Å². The van der Waals surface area contributed by atoms with Crippen LogP contribution in [0, 0.1) is 6.92 Å². The highest BCUT2D eigenvalue weighted by Gasteiger charge is 2.24. The predicted molar refractivity (Wildman–Crippen MR) is 89.2 cm³/mol. The monoisotopic (exact) mass is 309 g/mol. The zero-order valence-corrected chi connectivity index (χ0v) is 13.3. The number of rotatable bonds is 3. The van der Waals surface area contributed by atoms with Crippen LogP contribution in [0.25, 0.3) is 0 Å². The number of carbonyl (C=O) groups excluding carboxylic acids is 2. The van der Waals surface area contributed by atoms with Gasteiger partial charge in [-0.05, 0) is 43.2 Å². The molecule has 0 aliphatic carbocycles. The van der Waals surface area contributed by atoms with E-state index in [4.69, 9.17) is 4.74 Å². The Hall–Kier alpha value is -2.62. The zero-order valence-electron chi connectivity index (χ0n) is 13.3. The molecule has 0 N–H and O–H groups in total. The molecule has 0 aromatic heterocycles. The van der Waals surface area contributed by atoms with Gasteiger partial charge in [0, 0.05) is 5.56 Å². The first-order valence-corrected chi connectivity index (χ1v) is 7.69. The summed E-state index contributed by atoms with van der Waals surface area (Å²) in [7, 11) is 0. The van der Waals surface area contributed by atoms with Gasteiger partial charge in [0.05, 0.1) is 18.7 Å². The number of benzene rings is 2. The Morgan fingerprint density at radius 2 is 1.96 bits per heavy atom. The van der Waals surface area contributed by atoms with Gasteiger partial charge in [-0.2, -0.15) is 0 Å². The topological polar surface area (TPSA) is 46.6 Å². The molecule has 4 heteroatoms. The van der Waals surface area contributed by atoms with E-state index in [1.54, 1.807) is 23.1 Å². The highest BCUT2D eigenvalue weighted by molar-refractivity contribution is 6.00. The van der Waals surface area contributed by atoms with E-state index in [1.165, 1.54) is 6.92 Å². The molecule has 0 spiro atoms. The van der Waals surface area contributed by atoms with Gasteiger partial charge in [0.1, 0.15) is 12.4 Å². The van der Waals surface area contributed by atoms with Crippen molar-refractivity contribution in [1.29, 1.82) is 0 Å². The minimum Gasteiger partial charge on any atom is -0.490 e. The van der Waals surface area contributed by atoms with Crippen LogP contribution in [0.15, 0.2) is 42.5 Å². The summed E-state index contributed by atoms with van der Waals surface area (Å²) >= 11 is 0. The lowest BCUT2D eigenvalue weighted by molar-refractivity contribution is -0.118. The highest BCUT2D eigenvalue weighted by Crippen LogP contribution is 2.33. The SMILES string of the molecule is CC(=O)c1ccc2c(c1)N(C(=O)Cc1ccccc1C)CCO2. The summed E-state index contributed by atoms with van der Waals surface area (Å²) in [4.78, 5) is 26.1. The fourth-order valence-corrected chi connectivity index (χ4v) is 2.76. The number of aryl methyl sites for hydroxylation is 1. The molecule has 1 amide bonds. The van der Waals surface area contributed by atoms with E-state index in [1.807, 2.05) is 31.2 Å². The number of hydrogen-bond acceptors (Lipinski definition) is 3. The molecule has 0 saturated heterocycles. The van der Waals surface area contributed by atoms with E-state index in [9.17, 15) is 9.59 Å². The maximum atomic E-state index is 12.7. The molecule has 2 aromatic rings. The molecule has 1 aliphatic rings. The molecule has 0 radical (unpaired) electrons. The van der Waals surface area contributed by atoms with Crippen LogP contribution in [0.1, 0.15) is 28.4 Å². The molecule has 0 fully saturated rings. The molecule has 1 heterocycles. The molecule has 23 heavy (non-hydrogen) atoms. The lowest BCUT2D eigenvalue weighted by Gasteiger charge is -2.30. The van der Waals surface area contributed by atoms with E-state index in [0.29, 0.717) is 36.6 Å². The molecule has 0 atom stereocenters. The summed E-state index contributed by atoms with van der Waals surface area (Å²) in [5.74, 6) is 0.647. The third kappa shape index (κ3) is 3.11. The molecule has 2 aromatic carbocycles. The van der Waals surface area contributed by atoms with Crippen LogP contribution < -0.4 is 9.64 Å². The van der Waals surface area contributed by atoms with E-state index < -0.39 is 0 Å². The molecule has 0 bridgehead atoms. The molecule has 0 unspecified atom stereocenters. The number of Topliss-reactive ketones (excluding diaryl/α,β-unsaturated/α-hetero) is 1. The lowest BCUT2D eigenvalue weighted by Crippen LogP contribution is -2.39. The number of amides is 1. The first-order chi connectivity index (χ1) is 11.1. The molecule has 0 saturated carbocycles. The Morgan fingerprint density at radius 3 is 2.70 bits per heavy atom. The summed E-state index contributed by atoms with van der Waals surface area (Å²) in [6.07, 6.45) is 0.344. The van der Waals surface area contributed by atoms with Crippen LogP contribution in [0.2, 0.25) is 0 Å². The summed E-state index contributed by atoms with van der Waals surface area (Å²) < 4.78 is 5.61. The third-order valence-corrected chi connectivity index (χ3v) is 4.13. The van der Waals surface area contributed by atoms with Crippen LogP contribution in [0.5, 0.6) is 5.75 Å². The summed E-state index contributed by atoms with van der Waals surface area (Å²) in [5.41, 5.74) is 3.39. The second-order valence-electron chi connectivity index (χ2n) is 5.74. The van der Waals surface area contributed by atoms with Gasteiger partial charge in [-0.3, -0.25) is 9.59 Å². The van der Waals surface area contributed by atoms with Crippen molar-refractivity contribution in [1.82, 2.24) is 0 Å². The van der Waals surface area contributed by atoms with Crippen molar-refractivity contribution < 1.29 is 14.3 Å². The second-order valence-corrected chi connectivity index (χ2v) is 5.74. The molecular weight excluding hydrogens is 290 g/mol. The lowest BCUT2D eigenvalue weighted by atomic mass is 10.0. The first kappa shape index (κ1) is 15.3. The van der Waals surface area contributed by atoms with E-state index >= 15 is 0 Å². The summed E-state index contributed by atoms with van der Waals surface area (Å²) in [5, 5.41) is 0. The number of fused-ring (bicyclic) bond motifs is 1. The van der Waals surface area contributed by atoms with Gasteiger partial charge in [-0.15, -0.1) is 0 Å². The van der Waals surface area contributed by atoms with Crippen molar-refractivity contribution in [3.63, 3.8) is 0 Å². The van der Waals surface area contributed by atoms with E-state index in [0.717, 1.165) is 11.1 Å². The molecule has 118 valence electrons. The van der Waals surface area contributed by atoms with Crippen molar-refractivity contribution in [2.45, 2.75) is 20.3 Å². The van der Waals surface area contributed by atoms with Gasteiger partial charge in [-0.25, -0.2) is 0 Å². The standard InChI is InChI=1S/C19H19NO3/c1-13-5-3-4-6-15(13)12-19(22)20-9-10-23-18-8-7-16(14(2)21)11-17(18)20/h3-8,11H,9-10,12H2,1-2H3. The quantitative estimate of drug-likeness (QED) is 0.818. The van der Waals surface area contributed by atoms with Crippen LogP contribution in [0.4, 0.5) is 5.69 Å². The normalized spacial score (nSPS) is 13.2. The van der Waals surface area contributed by atoms with Crippen LogP contribution >= 0.6 is 0 Å². The number of ketones is 1. The van der Waals surface area contributed by atoms with Crippen molar-refractivity contribution in [2.75, 3.05) is 18.1 Å². The van der Waals surface area contributed by atoms with Crippen molar-refractivity contribution in [2.24, 2.45) is 0 Å². The minimum absolute atomic E-state index is 0.0181. The Balaban J connectivity index is 1.90. The van der Waals surface area contributed by atoms with Crippen LogP contribution in [-0.2, 0) is 11.2 Å². The summed E-state index contributed by atoms with van der Waals surface area (Å²) in [6.45, 7) is 4.49. The van der Waals surface area contributed by atoms with E-state index in [2.05, 4.69) is 0 Å². The van der Waals surface area contributed by atoms with Crippen molar-refractivity contribution in [3.8, 4) is 5.75 Å². The van der Waals surface area contributed by atoms with Gasteiger partial charge in [0.15, 0.2) is 5.78 Å². The number of hydrogen-bond donors (Lipinski definition) is 0. The minimum atomic E-state index is -0.0234. The fraction of sp³-hybridized carbons (Fsp3) is 0.263. The Morgan fingerprint density at radius 1 is 1.17 bits per heavy atom. The fourth-order valence-electron chi connectivity index (χ4n) is 2.76. The van der Waals surface area contributed by atoms with Gasteiger partial charge < -0.3 is 9.64 Å². The average molecular weight is 309 g/mol. The summed E-state index contributed by atoms with van der Waals surface area (Å²) in [6, 6.07) is 13.1. The maximum absolute atomic E-state index is 12.7. The van der Waals surface area contributed by atoms with Gasteiger partial charge >= 0.3 is 0 Å². The van der Waals surface area contributed by atoms with E-state index in [-0.39, 0.29) is 11.7 Å². The Labute approximate surface area is 135 Å². The largest absolute Gasteiger partial charge is 0.490 e. The number of nitrogens with zero attached hydrogens (tertiary/aromatic N) is 1. The molecule has 4 nitrogen and oxygen atoms in total. The molecular formula is C19H19NO3. The zero-order chi connectivity index (χ0) is 16.4. The molecule has 1 aliphatic heterocycles. The second kappa shape index (κ2) is 6.24.